The summed E-state index contributed by atoms with van der Waals surface area (Å²) in [6.07, 6.45) is -0.662. The molecule has 9 nitrogen and oxygen atoms in total. The first-order chi connectivity index (χ1) is 12.3. The minimum atomic E-state index is -0.929. The van der Waals surface area contributed by atoms with E-state index in [0.29, 0.717) is 19.8 Å². The zero-order chi connectivity index (χ0) is 21.1. The number of rotatable bonds is 10. The summed E-state index contributed by atoms with van der Waals surface area (Å²) in [6, 6.07) is -0.929. The Balaban J connectivity index is 4.71. The molecule has 0 radical (unpaired) electrons. The summed E-state index contributed by atoms with van der Waals surface area (Å²) in [7, 11) is 0. The summed E-state index contributed by atoms with van der Waals surface area (Å²) in [5, 5.41) is 5.16. The van der Waals surface area contributed by atoms with Crippen LogP contribution in [0.4, 0.5) is 4.79 Å². The van der Waals surface area contributed by atoms with Crippen LogP contribution in [-0.2, 0) is 23.8 Å². The molecule has 1 unspecified atom stereocenters. The predicted octanol–water partition coefficient (Wildman–Crippen LogP) is 1.09. The van der Waals surface area contributed by atoms with Gasteiger partial charge in [0.1, 0.15) is 17.2 Å². The molecule has 158 valence electrons. The molecule has 1 atom stereocenters. The highest BCUT2D eigenvalue weighted by Crippen LogP contribution is 2.11. The standard InChI is InChI=1S/C18H35N3O6/c1-17(2,3)26-14(22)8-7-13(21-16(24)27-18(4,5)6)15(23)20-10-12-25-11-9-19/h13H,7-12,19H2,1-6H3,(H,20,23)(H,21,24). The zero-order valence-electron chi connectivity index (χ0n) is 17.3. The fraction of sp³-hybridized carbons (Fsp3) is 0.833. The quantitative estimate of drug-likeness (QED) is 0.377. The van der Waals surface area contributed by atoms with E-state index in [4.69, 9.17) is 19.9 Å². The Morgan fingerprint density at radius 2 is 1.56 bits per heavy atom. The van der Waals surface area contributed by atoms with Gasteiger partial charge in [-0.15, -0.1) is 0 Å². The van der Waals surface area contributed by atoms with Gasteiger partial charge in [-0.3, -0.25) is 9.59 Å². The minimum Gasteiger partial charge on any atom is -0.460 e. The maximum Gasteiger partial charge on any atom is 0.408 e. The molecule has 0 rings (SSSR count). The van der Waals surface area contributed by atoms with Crippen LogP contribution in [0.3, 0.4) is 0 Å². The van der Waals surface area contributed by atoms with Crippen molar-refractivity contribution in [2.24, 2.45) is 5.73 Å². The third-order valence-electron chi connectivity index (χ3n) is 2.87. The van der Waals surface area contributed by atoms with Crippen LogP contribution in [0.2, 0.25) is 0 Å². The average molecular weight is 389 g/mol. The van der Waals surface area contributed by atoms with Crippen LogP contribution in [0.5, 0.6) is 0 Å². The molecule has 0 spiro atoms. The van der Waals surface area contributed by atoms with Gasteiger partial charge in [0.05, 0.1) is 13.2 Å². The van der Waals surface area contributed by atoms with E-state index in [-0.39, 0.29) is 19.4 Å². The molecule has 4 N–H and O–H groups in total. The Hall–Kier alpha value is -1.87. The Morgan fingerprint density at radius 1 is 0.963 bits per heavy atom. The number of esters is 1. The maximum atomic E-state index is 12.4. The lowest BCUT2D eigenvalue weighted by Gasteiger charge is -2.24. The molecule has 0 aliphatic rings. The Bertz CT molecular complexity index is 482. The number of carbonyl (C=O) groups excluding carboxylic acids is 3. The van der Waals surface area contributed by atoms with E-state index in [2.05, 4.69) is 10.6 Å². The predicted molar refractivity (Wildman–Crippen MR) is 101 cm³/mol. The molecule has 0 saturated carbocycles. The summed E-state index contributed by atoms with van der Waals surface area (Å²) in [4.78, 5) is 36.3. The molecule has 0 aliphatic heterocycles. The molecule has 9 heteroatoms. The summed E-state index contributed by atoms with van der Waals surface area (Å²) >= 11 is 0. The molecule has 27 heavy (non-hydrogen) atoms. The lowest BCUT2D eigenvalue weighted by atomic mass is 10.1. The van der Waals surface area contributed by atoms with Gasteiger partial charge in [0.25, 0.3) is 0 Å². The highest BCUT2D eigenvalue weighted by molar-refractivity contribution is 5.86. The van der Waals surface area contributed by atoms with Crippen molar-refractivity contribution in [1.29, 1.82) is 0 Å². The number of amides is 2. The van der Waals surface area contributed by atoms with Crippen molar-refractivity contribution < 1.29 is 28.6 Å². The van der Waals surface area contributed by atoms with Crippen molar-refractivity contribution in [2.75, 3.05) is 26.3 Å². The minimum absolute atomic E-state index is 0.0190. The molecule has 0 aliphatic carbocycles. The number of carbonyl (C=O) groups is 3. The molecule has 0 bridgehead atoms. The first kappa shape index (κ1) is 25.1. The highest BCUT2D eigenvalue weighted by atomic mass is 16.6. The Kier molecular flexibility index (Phi) is 10.9. The van der Waals surface area contributed by atoms with Crippen molar-refractivity contribution in [2.45, 2.75) is 71.6 Å². The SMILES string of the molecule is CC(C)(C)OC(=O)CCC(NC(=O)OC(C)(C)C)C(=O)NCCOCCN. The fourth-order valence-corrected chi connectivity index (χ4v) is 1.93. The topological polar surface area (TPSA) is 129 Å². The summed E-state index contributed by atoms with van der Waals surface area (Å²) < 4.78 is 15.6. The van der Waals surface area contributed by atoms with E-state index >= 15 is 0 Å². The molecule has 2 amide bonds. The van der Waals surface area contributed by atoms with Crippen LogP contribution in [0.15, 0.2) is 0 Å². The molecule has 0 aromatic carbocycles. The zero-order valence-corrected chi connectivity index (χ0v) is 17.3. The fourth-order valence-electron chi connectivity index (χ4n) is 1.93. The van der Waals surface area contributed by atoms with Crippen LogP contribution in [0.25, 0.3) is 0 Å². The second kappa shape index (κ2) is 11.8. The number of nitrogens with one attached hydrogen (secondary N) is 2. The largest absolute Gasteiger partial charge is 0.460 e. The normalized spacial score (nSPS) is 12.9. The lowest BCUT2D eigenvalue weighted by molar-refractivity contribution is -0.155. The molecule has 0 fully saturated rings. The summed E-state index contributed by atoms with van der Waals surface area (Å²) in [5.41, 5.74) is 4.00. The first-order valence-electron chi connectivity index (χ1n) is 9.11. The van der Waals surface area contributed by atoms with Gasteiger partial charge in [-0.25, -0.2) is 4.79 Å². The van der Waals surface area contributed by atoms with Crippen LogP contribution in [0, 0.1) is 0 Å². The summed E-state index contributed by atoms with van der Waals surface area (Å²) in [6.45, 7) is 11.8. The molecule has 0 heterocycles. The van der Waals surface area contributed by atoms with Gasteiger partial charge in [-0.2, -0.15) is 0 Å². The Labute approximate surface area is 161 Å². The van der Waals surface area contributed by atoms with Crippen LogP contribution >= 0.6 is 0 Å². The number of alkyl carbamates (subject to hydrolysis) is 1. The second-order valence-electron chi connectivity index (χ2n) is 8.02. The smallest absolute Gasteiger partial charge is 0.408 e. The number of nitrogens with two attached hydrogens (primary N) is 1. The molecule has 0 aromatic rings. The second-order valence-corrected chi connectivity index (χ2v) is 8.02. The van der Waals surface area contributed by atoms with Crippen LogP contribution in [0.1, 0.15) is 54.4 Å². The van der Waals surface area contributed by atoms with Gasteiger partial charge >= 0.3 is 12.1 Å². The van der Waals surface area contributed by atoms with Gasteiger partial charge in [0, 0.05) is 19.5 Å². The van der Waals surface area contributed by atoms with Crippen molar-refractivity contribution in [1.82, 2.24) is 10.6 Å². The molecule has 0 aromatic heterocycles. The lowest BCUT2D eigenvalue weighted by Crippen LogP contribution is -2.49. The van der Waals surface area contributed by atoms with E-state index in [0.717, 1.165) is 0 Å². The van der Waals surface area contributed by atoms with Crippen molar-refractivity contribution in [3.8, 4) is 0 Å². The van der Waals surface area contributed by atoms with E-state index in [1.54, 1.807) is 41.5 Å². The monoisotopic (exact) mass is 389 g/mol. The Morgan fingerprint density at radius 3 is 2.07 bits per heavy atom. The molecular weight excluding hydrogens is 354 g/mol. The van der Waals surface area contributed by atoms with Crippen molar-refractivity contribution >= 4 is 18.0 Å². The maximum absolute atomic E-state index is 12.4. The third-order valence-corrected chi connectivity index (χ3v) is 2.87. The number of hydrogen-bond donors (Lipinski definition) is 3. The van der Waals surface area contributed by atoms with Crippen LogP contribution < -0.4 is 16.4 Å². The summed E-state index contributed by atoms with van der Waals surface area (Å²) in [5.74, 6) is -0.877. The van der Waals surface area contributed by atoms with E-state index in [9.17, 15) is 14.4 Å². The first-order valence-corrected chi connectivity index (χ1v) is 9.11. The van der Waals surface area contributed by atoms with Crippen LogP contribution in [-0.4, -0.2) is 61.5 Å². The van der Waals surface area contributed by atoms with Gasteiger partial charge in [-0.1, -0.05) is 0 Å². The van der Waals surface area contributed by atoms with Gasteiger partial charge in [-0.05, 0) is 48.0 Å². The number of ether oxygens (including phenoxy) is 3. The van der Waals surface area contributed by atoms with Gasteiger partial charge < -0.3 is 30.6 Å². The van der Waals surface area contributed by atoms with Crippen molar-refractivity contribution in [3.05, 3.63) is 0 Å². The van der Waals surface area contributed by atoms with E-state index in [1.807, 2.05) is 0 Å². The van der Waals surface area contributed by atoms with E-state index in [1.165, 1.54) is 0 Å². The highest BCUT2D eigenvalue weighted by Gasteiger charge is 2.26. The average Bonchev–Trinajstić information content (AvgIpc) is 2.47. The third kappa shape index (κ3) is 14.9. The number of hydrogen-bond acceptors (Lipinski definition) is 7. The molecular formula is C18H35N3O6. The van der Waals surface area contributed by atoms with Crippen molar-refractivity contribution in [3.63, 3.8) is 0 Å². The van der Waals surface area contributed by atoms with Gasteiger partial charge in [0.2, 0.25) is 5.91 Å². The molecule has 0 saturated heterocycles. The van der Waals surface area contributed by atoms with E-state index < -0.39 is 35.2 Å². The van der Waals surface area contributed by atoms with Gasteiger partial charge in [0.15, 0.2) is 0 Å².